The fourth-order valence-electron chi connectivity index (χ4n) is 2.26. The van der Waals surface area contributed by atoms with Gasteiger partial charge in [-0.2, -0.15) is 5.10 Å². The molecule has 1 aliphatic rings. The molecule has 1 aliphatic heterocycles. The van der Waals surface area contributed by atoms with Gasteiger partial charge in [0.15, 0.2) is 0 Å². The van der Waals surface area contributed by atoms with E-state index in [0.717, 1.165) is 0 Å². The van der Waals surface area contributed by atoms with Gasteiger partial charge in [0.1, 0.15) is 5.69 Å². The van der Waals surface area contributed by atoms with Gasteiger partial charge in [-0.3, -0.25) is 14.3 Å². The lowest BCUT2D eigenvalue weighted by molar-refractivity contribution is -0.123. The van der Waals surface area contributed by atoms with E-state index in [-0.39, 0.29) is 29.6 Å². The molecule has 1 N–H and O–H groups in total. The Bertz CT molecular complexity index is 542. The molecule has 0 aliphatic carbocycles. The second-order valence-corrected chi connectivity index (χ2v) is 5.40. The van der Waals surface area contributed by atoms with Crippen LogP contribution in [0.25, 0.3) is 0 Å². The first-order valence-electron chi connectivity index (χ1n) is 6.80. The van der Waals surface area contributed by atoms with Crippen LogP contribution in [0.3, 0.4) is 0 Å². The van der Waals surface area contributed by atoms with Crippen LogP contribution in [-0.2, 0) is 11.3 Å². The highest BCUT2D eigenvalue weighted by atomic mass is 19.3. The summed E-state index contributed by atoms with van der Waals surface area (Å²) in [6.07, 6.45) is -1.62. The summed E-state index contributed by atoms with van der Waals surface area (Å²) in [7, 11) is 0. The molecule has 116 valence electrons. The van der Waals surface area contributed by atoms with Crippen LogP contribution in [0, 0.1) is 5.92 Å². The zero-order chi connectivity index (χ0) is 15.6. The van der Waals surface area contributed by atoms with E-state index >= 15 is 0 Å². The van der Waals surface area contributed by atoms with E-state index < -0.39 is 12.3 Å². The molecule has 0 atom stereocenters. The molecule has 1 aromatic rings. The van der Waals surface area contributed by atoms with Crippen LogP contribution in [0.15, 0.2) is 6.20 Å². The van der Waals surface area contributed by atoms with Crippen molar-refractivity contribution in [1.29, 1.82) is 0 Å². The first-order valence-corrected chi connectivity index (χ1v) is 6.80. The summed E-state index contributed by atoms with van der Waals surface area (Å²) < 4.78 is 27.7. The molecular weight excluding hydrogens is 282 g/mol. The smallest absolute Gasteiger partial charge is 0.280 e. The number of hydrogen-bond donors (Lipinski definition) is 1. The maximum absolute atomic E-state index is 13.3. The summed E-state index contributed by atoms with van der Waals surface area (Å²) >= 11 is 0. The van der Waals surface area contributed by atoms with E-state index in [1.165, 1.54) is 15.8 Å². The van der Waals surface area contributed by atoms with Gasteiger partial charge in [-0.05, 0) is 5.92 Å². The highest BCUT2D eigenvalue weighted by Gasteiger charge is 2.29. The van der Waals surface area contributed by atoms with Crippen molar-refractivity contribution in [2.24, 2.45) is 5.92 Å². The molecule has 1 aromatic heterocycles. The summed E-state index contributed by atoms with van der Waals surface area (Å²) in [5, 5.41) is 6.49. The quantitative estimate of drug-likeness (QED) is 0.904. The maximum atomic E-state index is 13.3. The summed E-state index contributed by atoms with van der Waals surface area (Å²) in [6.45, 7) is 4.60. The Morgan fingerprint density at radius 3 is 2.76 bits per heavy atom. The molecule has 0 radical (unpaired) electrons. The minimum Gasteiger partial charge on any atom is -0.353 e. The topological polar surface area (TPSA) is 67.2 Å². The third kappa shape index (κ3) is 3.37. The van der Waals surface area contributed by atoms with E-state index in [1.807, 2.05) is 13.8 Å². The van der Waals surface area contributed by atoms with Gasteiger partial charge in [0.05, 0.1) is 18.3 Å². The monoisotopic (exact) mass is 300 g/mol. The molecule has 2 heterocycles. The van der Waals surface area contributed by atoms with E-state index in [4.69, 9.17) is 0 Å². The van der Waals surface area contributed by atoms with E-state index in [2.05, 4.69) is 10.4 Å². The fraction of sp³-hybridized carbons (Fsp3) is 0.615. The number of aromatic nitrogens is 2. The van der Waals surface area contributed by atoms with Gasteiger partial charge in [-0.15, -0.1) is 0 Å². The average molecular weight is 300 g/mol. The zero-order valence-electron chi connectivity index (χ0n) is 12.0. The summed E-state index contributed by atoms with van der Waals surface area (Å²) in [6, 6.07) is 0. The lowest BCUT2D eigenvalue weighted by atomic mass is 10.2. The van der Waals surface area contributed by atoms with Crippen LogP contribution in [0.5, 0.6) is 0 Å². The van der Waals surface area contributed by atoms with Crippen LogP contribution in [0.2, 0.25) is 0 Å². The minimum atomic E-state index is -2.79. The van der Waals surface area contributed by atoms with Gasteiger partial charge >= 0.3 is 0 Å². The SMILES string of the molecule is CC(C)Cn1ncc(C(=O)N2CCNC(=O)C2)c1C(F)F. The average Bonchev–Trinajstić information content (AvgIpc) is 2.80. The number of nitrogens with one attached hydrogen (secondary N) is 1. The third-order valence-electron chi connectivity index (χ3n) is 3.18. The van der Waals surface area contributed by atoms with Crippen molar-refractivity contribution in [2.75, 3.05) is 19.6 Å². The molecule has 0 spiro atoms. The summed E-state index contributed by atoms with van der Waals surface area (Å²) in [4.78, 5) is 24.9. The molecule has 8 heteroatoms. The molecule has 21 heavy (non-hydrogen) atoms. The fourth-order valence-corrected chi connectivity index (χ4v) is 2.26. The number of halogens is 2. The van der Waals surface area contributed by atoms with Gasteiger partial charge in [0, 0.05) is 19.6 Å². The first-order chi connectivity index (χ1) is 9.90. The third-order valence-corrected chi connectivity index (χ3v) is 3.18. The van der Waals surface area contributed by atoms with Gasteiger partial charge in [0.2, 0.25) is 5.91 Å². The first kappa shape index (κ1) is 15.4. The molecule has 1 fully saturated rings. The Kier molecular flexibility index (Phi) is 4.54. The van der Waals surface area contributed by atoms with Crippen molar-refractivity contribution in [2.45, 2.75) is 26.8 Å². The van der Waals surface area contributed by atoms with Crippen LogP contribution in [-0.4, -0.2) is 46.1 Å². The van der Waals surface area contributed by atoms with Crippen LogP contribution < -0.4 is 5.32 Å². The number of amides is 2. The number of hydrogen-bond acceptors (Lipinski definition) is 3. The van der Waals surface area contributed by atoms with Gasteiger partial charge < -0.3 is 10.2 Å². The lowest BCUT2D eigenvalue weighted by Crippen LogP contribution is -2.50. The predicted molar refractivity (Wildman–Crippen MR) is 70.9 cm³/mol. The van der Waals surface area contributed by atoms with Crippen molar-refractivity contribution < 1.29 is 18.4 Å². The molecule has 2 amide bonds. The van der Waals surface area contributed by atoms with Crippen molar-refractivity contribution in [3.8, 4) is 0 Å². The molecular formula is C13H18F2N4O2. The Morgan fingerprint density at radius 2 is 2.19 bits per heavy atom. The highest BCUT2D eigenvalue weighted by Crippen LogP contribution is 2.25. The highest BCUT2D eigenvalue weighted by molar-refractivity contribution is 5.97. The lowest BCUT2D eigenvalue weighted by Gasteiger charge is -2.26. The number of piperazine rings is 1. The molecule has 0 saturated carbocycles. The van der Waals surface area contributed by atoms with Crippen LogP contribution in [0.4, 0.5) is 8.78 Å². The predicted octanol–water partition coefficient (Wildman–Crippen LogP) is 1.05. The van der Waals surface area contributed by atoms with Crippen LogP contribution >= 0.6 is 0 Å². The number of alkyl halides is 2. The van der Waals surface area contributed by atoms with Gasteiger partial charge in [0.25, 0.3) is 12.3 Å². The van der Waals surface area contributed by atoms with Gasteiger partial charge in [-0.1, -0.05) is 13.8 Å². The standard InChI is InChI=1S/C13H18F2N4O2/c1-8(2)6-19-11(12(14)15)9(5-17-19)13(21)18-4-3-16-10(20)7-18/h5,8,12H,3-4,6-7H2,1-2H3,(H,16,20). The summed E-state index contributed by atoms with van der Waals surface area (Å²) in [5.41, 5.74) is -0.500. The molecule has 6 nitrogen and oxygen atoms in total. The Morgan fingerprint density at radius 1 is 1.48 bits per heavy atom. The van der Waals surface area contributed by atoms with E-state index in [9.17, 15) is 18.4 Å². The Balaban J connectivity index is 2.28. The van der Waals surface area contributed by atoms with E-state index in [1.54, 1.807) is 0 Å². The molecule has 0 aromatic carbocycles. The molecule has 0 unspecified atom stereocenters. The molecule has 1 saturated heterocycles. The maximum Gasteiger partial charge on any atom is 0.280 e. The Labute approximate surface area is 121 Å². The minimum absolute atomic E-state index is 0.114. The second kappa shape index (κ2) is 6.19. The van der Waals surface area contributed by atoms with Crippen molar-refractivity contribution in [1.82, 2.24) is 20.0 Å². The number of carbonyl (C=O) groups is 2. The molecule has 0 bridgehead atoms. The van der Waals surface area contributed by atoms with Crippen molar-refractivity contribution in [3.63, 3.8) is 0 Å². The van der Waals surface area contributed by atoms with Crippen molar-refractivity contribution in [3.05, 3.63) is 17.5 Å². The largest absolute Gasteiger partial charge is 0.353 e. The second-order valence-electron chi connectivity index (χ2n) is 5.40. The summed E-state index contributed by atoms with van der Waals surface area (Å²) in [5.74, 6) is -0.732. The zero-order valence-corrected chi connectivity index (χ0v) is 12.0. The Hall–Kier alpha value is -1.99. The number of nitrogens with zero attached hydrogens (tertiary/aromatic N) is 3. The number of rotatable bonds is 4. The van der Waals surface area contributed by atoms with Crippen molar-refractivity contribution >= 4 is 11.8 Å². The van der Waals surface area contributed by atoms with Gasteiger partial charge in [-0.25, -0.2) is 8.78 Å². The molecule has 2 rings (SSSR count). The van der Waals surface area contributed by atoms with Crippen LogP contribution in [0.1, 0.15) is 36.3 Å². The number of carbonyl (C=O) groups excluding carboxylic acids is 2. The normalized spacial score (nSPS) is 15.7. The van der Waals surface area contributed by atoms with E-state index in [0.29, 0.717) is 19.6 Å².